The van der Waals surface area contributed by atoms with Crippen molar-refractivity contribution in [3.63, 3.8) is 0 Å². The number of carbonyl (C=O) groups is 2. The van der Waals surface area contributed by atoms with Crippen molar-refractivity contribution in [2.75, 3.05) is 47.5 Å². The van der Waals surface area contributed by atoms with E-state index in [2.05, 4.69) is 38.2 Å². The quantitative estimate of drug-likeness (QED) is 0.0213. The molecule has 330 valence electrons. The van der Waals surface area contributed by atoms with Gasteiger partial charge in [-0.15, -0.1) is 0 Å². The largest absolute Gasteiger partial charge is 0.472 e. The summed E-state index contributed by atoms with van der Waals surface area (Å²) in [6.07, 6.45) is 42.2. The molecule has 0 aliphatic carbocycles. The van der Waals surface area contributed by atoms with Crippen LogP contribution in [-0.2, 0) is 32.7 Å². The van der Waals surface area contributed by atoms with Crippen molar-refractivity contribution in [1.82, 2.24) is 0 Å². The van der Waals surface area contributed by atoms with Gasteiger partial charge in [0.2, 0.25) is 0 Å². The molecule has 0 fully saturated rings. The number of hydrogen-bond acceptors (Lipinski definition) is 7. The molecule has 56 heavy (non-hydrogen) atoms. The Morgan fingerprint density at radius 1 is 0.536 bits per heavy atom. The molecule has 0 spiro atoms. The van der Waals surface area contributed by atoms with Gasteiger partial charge in [0.15, 0.2) is 6.10 Å². The fourth-order valence-electron chi connectivity index (χ4n) is 6.28. The molecule has 2 atom stereocenters. The van der Waals surface area contributed by atoms with Crippen LogP contribution in [0, 0.1) is 0 Å². The maximum Gasteiger partial charge on any atom is 0.472 e. The van der Waals surface area contributed by atoms with Crippen molar-refractivity contribution in [3.05, 3.63) is 24.3 Å². The lowest BCUT2D eigenvalue weighted by molar-refractivity contribution is -0.870. The van der Waals surface area contributed by atoms with Gasteiger partial charge in [-0.3, -0.25) is 18.6 Å². The molecule has 0 aromatic heterocycles. The highest BCUT2D eigenvalue weighted by Gasteiger charge is 2.27. The van der Waals surface area contributed by atoms with Gasteiger partial charge in [0.05, 0.1) is 27.7 Å². The lowest BCUT2D eigenvalue weighted by Gasteiger charge is -2.24. The van der Waals surface area contributed by atoms with Gasteiger partial charge in [-0.2, -0.15) is 0 Å². The number of nitrogens with zero attached hydrogens (tertiary/aromatic N) is 1. The van der Waals surface area contributed by atoms with Gasteiger partial charge >= 0.3 is 19.8 Å². The molecule has 0 heterocycles. The number of ether oxygens (including phenoxy) is 2. The van der Waals surface area contributed by atoms with Crippen LogP contribution in [0.2, 0.25) is 0 Å². The number of rotatable bonds is 42. The van der Waals surface area contributed by atoms with E-state index >= 15 is 0 Å². The minimum Gasteiger partial charge on any atom is -0.462 e. The van der Waals surface area contributed by atoms with E-state index < -0.39 is 26.5 Å². The van der Waals surface area contributed by atoms with Crippen LogP contribution in [0.1, 0.15) is 206 Å². The summed E-state index contributed by atoms with van der Waals surface area (Å²) in [5.41, 5.74) is 0. The Kier molecular flexibility index (Phi) is 37.9. The number of unbranched alkanes of at least 4 members (excludes halogenated alkanes) is 24. The summed E-state index contributed by atoms with van der Waals surface area (Å²) in [4.78, 5) is 35.4. The molecule has 0 aromatic carbocycles. The lowest BCUT2D eigenvalue weighted by Crippen LogP contribution is -2.37. The van der Waals surface area contributed by atoms with Crippen LogP contribution in [0.5, 0.6) is 0 Å². The molecule has 0 amide bonds. The van der Waals surface area contributed by atoms with E-state index in [1.165, 1.54) is 135 Å². The number of allylic oxidation sites excluding steroid dienone is 4. The van der Waals surface area contributed by atoms with Crippen LogP contribution < -0.4 is 0 Å². The molecule has 0 radical (unpaired) electrons. The number of phosphoric ester groups is 1. The van der Waals surface area contributed by atoms with E-state index in [4.69, 9.17) is 18.5 Å². The molecule has 1 unspecified atom stereocenters. The second kappa shape index (κ2) is 39.0. The van der Waals surface area contributed by atoms with Crippen molar-refractivity contribution >= 4 is 19.8 Å². The number of likely N-dealkylation sites (N-methyl/N-ethyl adjacent to an activating group) is 1. The Hall–Kier alpha value is -1.51. The van der Waals surface area contributed by atoms with E-state index in [-0.39, 0.29) is 32.0 Å². The van der Waals surface area contributed by atoms with Gasteiger partial charge < -0.3 is 18.9 Å². The van der Waals surface area contributed by atoms with Crippen molar-refractivity contribution in [2.24, 2.45) is 0 Å². The SMILES string of the molecule is CCCC/C=C/CCCCCCCCCCCC(=O)O[C@H](COC(=O)CCCCCCCCC/C=C/CCCCCCCC)COP(=O)(O)OCC[N+](C)(C)C. The maximum atomic E-state index is 12.7. The predicted molar refractivity (Wildman–Crippen MR) is 234 cm³/mol. The molecule has 0 saturated heterocycles. The second-order valence-electron chi connectivity index (χ2n) is 16.8. The summed E-state index contributed by atoms with van der Waals surface area (Å²) in [6.45, 7) is 4.40. The van der Waals surface area contributed by atoms with Crippen LogP contribution in [0.4, 0.5) is 0 Å². The summed E-state index contributed by atoms with van der Waals surface area (Å²) in [7, 11) is 1.48. The Labute approximate surface area is 345 Å². The summed E-state index contributed by atoms with van der Waals surface area (Å²) >= 11 is 0. The third-order valence-corrected chi connectivity index (χ3v) is 10.9. The van der Waals surface area contributed by atoms with Crippen molar-refractivity contribution in [1.29, 1.82) is 0 Å². The second-order valence-corrected chi connectivity index (χ2v) is 18.2. The Morgan fingerprint density at radius 3 is 1.38 bits per heavy atom. The molecule has 0 bridgehead atoms. The third-order valence-electron chi connectivity index (χ3n) is 9.95. The number of hydrogen-bond donors (Lipinski definition) is 1. The minimum atomic E-state index is -4.37. The Morgan fingerprint density at radius 2 is 0.929 bits per heavy atom. The van der Waals surface area contributed by atoms with Gasteiger partial charge in [0.1, 0.15) is 19.8 Å². The van der Waals surface area contributed by atoms with E-state index in [9.17, 15) is 19.0 Å². The molecule has 0 aliphatic rings. The van der Waals surface area contributed by atoms with Crippen LogP contribution in [0.3, 0.4) is 0 Å². The number of phosphoric acid groups is 1. The zero-order chi connectivity index (χ0) is 41.4. The summed E-state index contributed by atoms with van der Waals surface area (Å²) < 4.78 is 34.3. The van der Waals surface area contributed by atoms with Crippen LogP contribution in [0.15, 0.2) is 24.3 Å². The highest BCUT2D eigenvalue weighted by molar-refractivity contribution is 7.47. The van der Waals surface area contributed by atoms with Crippen LogP contribution >= 0.6 is 7.82 Å². The average Bonchev–Trinajstić information content (AvgIpc) is 3.15. The molecule has 0 rings (SSSR count). The third kappa shape index (κ3) is 42.1. The fourth-order valence-corrected chi connectivity index (χ4v) is 7.03. The Balaban J connectivity index is 4.32. The number of carbonyl (C=O) groups excluding carboxylic acids is 2. The zero-order valence-corrected chi connectivity index (χ0v) is 38.0. The topological polar surface area (TPSA) is 108 Å². The van der Waals surface area contributed by atoms with Crippen molar-refractivity contribution < 1.29 is 42.1 Å². The van der Waals surface area contributed by atoms with Gasteiger partial charge in [-0.05, 0) is 57.8 Å². The zero-order valence-electron chi connectivity index (χ0n) is 37.1. The summed E-state index contributed by atoms with van der Waals surface area (Å²) in [6, 6.07) is 0. The van der Waals surface area contributed by atoms with E-state index in [0.29, 0.717) is 17.4 Å². The molecule has 0 saturated carbocycles. The molecule has 9 nitrogen and oxygen atoms in total. The molecular formula is C46H89NO8P+. The van der Waals surface area contributed by atoms with Crippen LogP contribution in [-0.4, -0.2) is 74.9 Å². The standard InChI is InChI=1S/C46H88NO8P/c1-6-8-10-12-14-16-18-20-22-23-25-26-28-30-32-34-36-38-45(48)52-42-44(43-54-56(50,51)53-41-40-47(3,4)5)55-46(49)39-37-35-33-31-29-27-24-21-19-17-15-13-11-9-7-2/h13,15,20,22,44H,6-12,14,16-19,21,23-43H2,1-5H3/p+1/b15-13+,22-20+/t44-/m1/s1. The molecular weight excluding hydrogens is 725 g/mol. The maximum absolute atomic E-state index is 12.7. The van der Waals surface area contributed by atoms with Crippen LogP contribution in [0.25, 0.3) is 0 Å². The number of esters is 2. The summed E-state index contributed by atoms with van der Waals surface area (Å²) in [5.74, 6) is -0.800. The highest BCUT2D eigenvalue weighted by Crippen LogP contribution is 2.43. The normalized spacial score (nSPS) is 13.8. The first-order valence-electron chi connectivity index (χ1n) is 23.1. The van der Waals surface area contributed by atoms with Crippen molar-refractivity contribution in [2.45, 2.75) is 213 Å². The fraction of sp³-hybridized carbons (Fsp3) is 0.870. The predicted octanol–water partition coefficient (Wildman–Crippen LogP) is 13.1. The molecule has 0 aliphatic heterocycles. The van der Waals surface area contributed by atoms with E-state index in [1.54, 1.807) is 0 Å². The lowest BCUT2D eigenvalue weighted by atomic mass is 10.1. The highest BCUT2D eigenvalue weighted by atomic mass is 31.2. The smallest absolute Gasteiger partial charge is 0.462 e. The molecule has 1 N–H and O–H groups in total. The van der Waals surface area contributed by atoms with E-state index in [0.717, 1.165) is 38.5 Å². The van der Waals surface area contributed by atoms with Gasteiger partial charge in [-0.25, -0.2) is 4.57 Å². The van der Waals surface area contributed by atoms with E-state index in [1.807, 2.05) is 21.1 Å². The average molecular weight is 815 g/mol. The first-order chi connectivity index (χ1) is 27.0. The van der Waals surface area contributed by atoms with Gasteiger partial charge in [0, 0.05) is 12.8 Å². The molecule has 0 aromatic rings. The minimum absolute atomic E-state index is 0.0320. The monoisotopic (exact) mass is 815 g/mol. The van der Waals surface area contributed by atoms with Gasteiger partial charge in [0.25, 0.3) is 0 Å². The summed E-state index contributed by atoms with van der Waals surface area (Å²) in [5, 5.41) is 0. The molecule has 10 heteroatoms. The first kappa shape index (κ1) is 54.5. The van der Waals surface area contributed by atoms with Gasteiger partial charge in [-0.1, -0.05) is 160 Å². The van der Waals surface area contributed by atoms with Crippen molar-refractivity contribution in [3.8, 4) is 0 Å². The number of quaternary nitrogens is 1. The Bertz CT molecular complexity index is 1010. The first-order valence-corrected chi connectivity index (χ1v) is 24.6.